The van der Waals surface area contributed by atoms with Gasteiger partial charge in [-0.2, -0.15) is 0 Å². The fraction of sp³-hybridized carbons (Fsp3) is 0.368. The van der Waals surface area contributed by atoms with Crippen molar-refractivity contribution in [3.05, 3.63) is 65.8 Å². The Bertz CT molecular complexity index is 645. The third-order valence-electron chi connectivity index (χ3n) is 3.86. The Hall–Kier alpha value is -2.05. The van der Waals surface area contributed by atoms with Crippen LogP contribution >= 0.6 is 0 Å². The minimum atomic E-state index is -4.69. The molecule has 0 saturated heterocycles. The normalized spacial score (nSPS) is 21.2. The first-order valence-corrected chi connectivity index (χ1v) is 7.82. The largest absolute Gasteiger partial charge is 0.573 e. The lowest BCUT2D eigenvalue weighted by Gasteiger charge is -2.29. The number of halogens is 3. The monoisotopic (exact) mass is 354 g/mol. The van der Waals surface area contributed by atoms with E-state index in [4.69, 9.17) is 9.47 Å². The van der Waals surface area contributed by atoms with Crippen molar-refractivity contribution in [1.29, 1.82) is 0 Å². The van der Waals surface area contributed by atoms with E-state index < -0.39 is 6.36 Å². The minimum absolute atomic E-state index is 0.0507. The van der Waals surface area contributed by atoms with Gasteiger partial charge >= 0.3 is 6.36 Å². The predicted octanol–water partition coefficient (Wildman–Crippen LogP) is 4.98. The van der Waals surface area contributed by atoms with Gasteiger partial charge in [-0.15, -0.1) is 13.2 Å². The number of alkyl halides is 3. The second-order valence-electron chi connectivity index (χ2n) is 5.79. The maximum atomic E-state index is 12.2. The Morgan fingerprint density at radius 2 is 2.00 bits per heavy atom. The molecule has 2 unspecified atom stereocenters. The molecule has 0 N–H and O–H groups in total. The average Bonchev–Trinajstić information content (AvgIpc) is 2.54. The molecule has 0 fully saturated rings. The Morgan fingerprint density at radius 3 is 2.60 bits per heavy atom. The lowest BCUT2D eigenvalue weighted by Crippen LogP contribution is -2.20. The van der Waals surface area contributed by atoms with Gasteiger partial charge in [0, 0.05) is 13.0 Å². The van der Waals surface area contributed by atoms with E-state index in [2.05, 4.69) is 11.3 Å². The van der Waals surface area contributed by atoms with Crippen molar-refractivity contribution in [2.45, 2.75) is 19.4 Å². The molecule has 6 heteroatoms. The first-order valence-electron chi connectivity index (χ1n) is 7.82. The van der Waals surface area contributed by atoms with Crippen molar-refractivity contribution in [1.82, 2.24) is 0 Å². The standard InChI is InChI=1S/C19H21F3O3/c1-13(12-23-3)4-5-15-10-11-24-18(14(15)2)16-6-8-17(9-7-16)25-19(20,21)22/h4-10,14,18H,1,11-12H2,2-3H3/b5-4-. The van der Waals surface area contributed by atoms with Crippen LogP contribution in [0.1, 0.15) is 18.6 Å². The fourth-order valence-corrected chi connectivity index (χ4v) is 2.66. The fourth-order valence-electron chi connectivity index (χ4n) is 2.66. The summed E-state index contributed by atoms with van der Waals surface area (Å²) >= 11 is 0. The third-order valence-corrected chi connectivity index (χ3v) is 3.86. The van der Waals surface area contributed by atoms with Crippen LogP contribution in [0.4, 0.5) is 13.2 Å². The summed E-state index contributed by atoms with van der Waals surface area (Å²) in [5, 5.41) is 0. The van der Waals surface area contributed by atoms with Gasteiger partial charge in [-0.05, 0) is 28.8 Å². The highest BCUT2D eigenvalue weighted by Gasteiger charge is 2.31. The number of hydrogen-bond donors (Lipinski definition) is 0. The molecule has 136 valence electrons. The SMILES string of the molecule is C=C(/C=C\C1=CCOC(c2ccc(OC(F)(F)F)cc2)C1C)COC. The zero-order valence-corrected chi connectivity index (χ0v) is 14.2. The smallest absolute Gasteiger partial charge is 0.406 e. The molecule has 1 heterocycles. The summed E-state index contributed by atoms with van der Waals surface area (Å²) in [6.45, 7) is 6.80. The first kappa shape index (κ1) is 19.3. The number of ether oxygens (including phenoxy) is 3. The summed E-state index contributed by atoms with van der Waals surface area (Å²) in [6, 6.07) is 5.79. The molecule has 0 aliphatic carbocycles. The van der Waals surface area contributed by atoms with Gasteiger partial charge in [-0.25, -0.2) is 0 Å². The summed E-state index contributed by atoms with van der Waals surface area (Å²) in [7, 11) is 1.61. The van der Waals surface area contributed by atoms with Gasteiger partial charge in [-0.3, -0.25) is 0 Å². The molecular formula is C19H21F3O3. The number of hydrogen-bond acceptors (Lipinski definition) is 3. The first-order chi connectivity index (χ1) is 11.8. The van der Waals surface area contributed by atoms with Crippen molar-refractivity contribution in [2.24, 2.45) is 5.92 Å². The van der Waals surface area contributed by atoms with E-state index in [1.54, 1.807) is 19.2 Å². The van der Waals surface area contributed by atoms with E-state index in [-0.39, 0.29) is 17.8 Å². The Balaban J connectivity index is 2.08. The van der Waals surface area contributed by atoms with Crippen molar-refractivity contribution in [2.75, 3.05) is 20.3 Å². The minimum Gasteiger partial charge on any atom is -0.406 e. The molecule has 0 radical (unpaired) electrons. The highest BCUT2D eigenvalue weighted by molar-refractivity contribution is 5.34. The van der Waals surface area contributed by atoms with Crippen LogP contribution in [0.25, 0.3) is 0 Å². The van der Waals surface area contributed by atoms with Crippen molar-refractivity contribution < 1.29 is 27.4 Å². The van der Waals surface area contributed by atoms with Crippen LogP contribution in [0.15, 0.2) is 60.2 Å². The summed E-state index contributed by atoms with van der Waals surface area (Å²) in [5.41, 5.74) is 2.74. The third kappa shape index (κ3) is 5.76. The topological polar surface area (TPSA) is 27.7 Å². The van der Waals surface area contributed by atoms with Crippen molar-refractivity contribution in [3.8, 4) is 5.75 Å². The van der Waals surface area contributed by atoms with Crippen LogP contribution in [0.5, 0.6) is 5.75 Å². The quantitative estimate of drug-likeness (QED) is 0.675. The number of allylic oxidation sites excluding steroid dienone is 1. The van der Waals surface area contributed by atoms with Gasteiger partial charge in [-0.1, -0.05) is 43.9 Å². The molecule has 0 bridgehead atoms. The molecule has 25 heavy (non-hydrogen) atoms. The Morgan fingerprint density at radius 1 is 1.32 bits per heavy atom. The highest BCUT2D eigenvalue weighted by Crippen LogP contribution is 2.36. The molecule has 1 aliphatic heterocycles. The molecule has 0 spiro atoms. The second kappa shape index (κ2) is 8.36. The van der Waals surface area contributed by atoms with Gasteiger partial charge in [0.25, 0.3) is 0 Å². The van der Waals surface area contributed by atoms with Crippen LogP contribution in [0, 0.1) is 5.92 Å². The summed E-state index contributed by atoms with van der Waals surface area (Å²) in [5.74, 6) is -0.194. The van der Waals surface area contributed by atoms with Crippen LogP contribution < -0.4 is 4.74 Å². The zero-order chi connectivity index (χ0) is 18.4. The van der Waals surface area contributed by atoms with E-state index in [0.29, 0.717) is 13.2 Å². The van der Waals surface area contributed by atoms with Gasteiger partial charge in [0.15, 0.2) is 0 Å². The molecule has 0 saturated carbocycles. The van der Waals surface area contributed by atoms with Crippen LogP contribution in [-0.2, 0) is 9.47 Å². The Kier molecular flexibility index (Phi) is 6.45. The zero-order valence-electron chi connectivity index (χ0n) is 14.2. The number of benzene rings is 1. The molecule has 1 aromatic carbocycles. The van der Waals surface area contributed by atoms with Crippen molar-refractivity contribution >= 4 is 0 Å². The maximum absolute atomic E-state index is 12.2. The van der Waals surface area contributed by atoms with Crippen LogP contribution in [-0.4, -0.2) is 26.7 Å². The van der Waals surface area contributed by atoms with Gasteiger partial charge in [0.1, 0.15) is 5.75 Å². The highest BCUT2D eigenvalue weighted by atomic mass is 19.4. The van der Waals surface area contributed by atoms with E-state index in [1.807, 2.05) is 25.2 Å². The van der Waals surface area contributed by atoms with E-state index in [9.17, 15) is 13.2 Å². The molecule has 1 aromatic rings. The molecule has 2 atom stereocenters. The number of rotatable bonds is 6. The van der Waals surface area contributed by atoms with Gasteiger partial charge < -0.3 is 14.2 Å². The Labute approximate surface area is 145 Å². The number of methoxy groups -OCH3 is 1. The van der Waals surface area contributed by atoms with Crippen LogP contribution in [0.2, 0.25) is 0 Å². The second-order valence-corrected chi connectivity index (χ2v) is 5.79. The molecule has 1 aliphatic rings. The van der Waals surface area contributed by atoms with Crippen molar-refractivity contribution in [3.63, 3.8) is 0 Å². The average molecular weight is 354 g/mol. The maximum Gasteiger partial charge on any atom is 0.573 e. The lowest BCUT2D eigenvalue weighted by molar-refractivity contribution is -0.274. The molecule has 0 aromatic heterocycles. The van der Waals surface area contributed by atoms with Gasteiger partial charge in [0.2, 0.25) is 0 Å². The summed E-state index contributed by atoms with van der Waals surface area (Å²) < 4.78 is 51.4. The van der Waals surface area contributed by atoms with E-state index >= 15 is 0 Å². The summed E-state index contributed by atoms with van der Waals surface area (Å²) in [4.78, 5) is 0. The van der Waals surface area contributed by atoms with Gasteiger partial charge in [0.05, 0.1) is 19.3 Å². The van der Waals surface area contributed by atoms with E-state index in [1.165, 1.54) is 12.1 Å². The molecule has 2 rings (SSSR count). The van der Waals surface area contributed by atoms with E-state index in [0.717, 1.165) is 16.7 Å². The molecule has 3 nitrogen and oxygen atoms in total. The predicted molar refractivity (Wildman–Crippen MR) is 89.2 cm³/mol. The lowest BCUT2D eigenvalue weighted by atomic mass is 9.88. The molecular weight excluding hydrogens is 333 g/mol. The van der Waals surface area contributed by atoms with Crippen LogP contribution in [0.3, 0.4) is 0 Å². The molecule has 0 amide bonds. The summed E-state index contributed by atoms with van der Waals surface area (Å²) in [6.07, 6.45) is 0.928.